The van der Waals surface area contributed by atoms with Crippen LogP contribution in [0.25, 0.3) is 0 Å². The number of aliphatic hydroxyl groups excluding tert-OH is 1. The van der Waals surface area contributed by atoms with Crippen molar-refractivity contribution < 1.29 is 53.1 Å². The SMILES string of the molecule is CC(C)(C)OC(=O)N[C@@H](CCCCNC(=O)OCc1ccccc1)C(=O)O.CC(C)(C)OC(=O)N[C@H](CO)CCCCNC(=O)OCc1ccccc1. The van der Waals surface area contributed by atoms with Gasteiger partial charge in [0, 0.05) is 13.1 Å². The van der Waals surface area contributed by atoms with Crippen LogP contribution in [-0.2, 0) is 37.0 Å². The average Bonchev–Trinajstić information content (AvgIpc) is 3.08. The van der Waals surface area contributed by atoms with E-state index in [4.69, 9.17) is 18.9 Å². The lowest BCUT2D eigenvalue weighted by Gasteiger charge is -2.22. The van der Waals surface area contributed by atoms with Gasteiger partial charge in [-0.2, -0.15) is 0 Å². The molecule has 0 saturated heterocycles. The number of aliphatic carboxylic acids is 1. The van der Waals surface area contributed by atoms with Crippen LogP contribution in [-0.4, -0.2) is 83.5 Å². The number of alkyl carbamates (subject to hydrolysis) is 4. The smallest absolute Gasteiger partial charge is 0.408 e. The summed E-state index contributed by atoms with van der Waals surface area (Å²) in [6.07, 6.45) is 1.04. The molecule has 0 radical (unpaired) electrons. The molecule has 2 rings (SSSR count). The number of benzene rings is 2. The molecular formula is C38H58N4O11. The van der Waals surface area contributed by atoms with Crippen LogP contribution in [0.5, 0.6) is 0 Å². The van der Waals surface area contributed by atoms with Crippen molar-refractivity contribution in [3.05, 3.63) is 71.8 Å². The Bertz CT molecular complexity index is 1360. The number of aliphatic hydroxyl groups is 1. The van der Waals surface area contributed by atoms with E-state index in [1.54, 1.807) is 41.5 Å². The van der Waals surface area contributed by atoms with E-state index in [2.05, 4.69) is 21.3 Å². The van der Waals surface area contributed by atoms with Crippen molar-refractivity contribution in [1.29, 1.82) is 0 Å². The maximum atomic E-state index is 11.7. The summed E-state index contributed by atoms with van der Waals surface area (Å²) in [7, 11) is 0. The van der Waals surface area contributed by atoms with Gasteiger partial charge in [-0.3, -0.25) is 0 Å². The Morgan fingerprint density at radius 2 is 1.02 bits per heavy atom. The highest BCUT2D eigenvalue weighted by molar-refractivity contribution is 5.80. The number of carboxylic acid groups (broad SMARTS) is 1. The third-order valence-electron chi connectivity index (χ3n) is 6.79. The van der Waals surface area contributed by atoms with Gasteiger partial charge in [-0.15, -0.1) is 0 Å². The van der Waals surface area contributed by atoms with Crippen molar-refractivity contribution in [3.63, 3.8) is 0 Å². The van der Waals surface area contributed by atoms with E-state index in [1.807, 2.05) is 60.7 Å². The Kier molecular flexibility index (Phi) is 21.7. The highest BCUT2D eigenvalue weighted by Gasteiger charge is 2.23. The van der Waals surface area contributed by atoms with Crippen LogP contribution in [0.15, 0.2) is 60.7 Å². The highest BCUT2D eigenvalue weighted by Crippen LogP contribution is 2.10. The highest BCUT2D eigenvalue weighted by atomic mass is 16.6. The van der Waals surface area contributed by atoms with E-state index < -0.39 is 47.6 Å². The maximum absolute atomic E-state index is 11.7. The molecule has 2 aromatic carbocycles. The molecule has 0 aliphatic rings. The number of nitrogens with one attached hydrogen (secondary N) is 4. The quantitative estimate of drug-likeness (QED) is 0.0766. The molecule has 0 fully saturated rings. The van der Waals surface area contributed by atoms with Gasteiger partial charge in [-0.25, -0.2) is 24.0 Å². The monoisotopic (exact) mass is 746 g/mol. The Labute approximate surface area is 312 Å². The molecule has 0 bridgehead atoms. The van der Waals surface area contributed by atoms with Gasteiger partial charge in [0.25, 0.3) is 0 Å². The fourth-order valence-corrected chi connectivity index (χ4v) is 4.31. The molecule has 0 aliphatic heterocycles. The van der Waals surface area contributed by atoms with Crippen molar-refractivity contribution in [2.75, 3.05) is 19.7 Å². The van der Waals surface area contributed by atoms with Crippen LogP contribution in [0.4, 0.5) is 19.2 Å². The molecule has 0 unspecified atom stereocenters. The van der Waals surface area contributed by atoms with Crippen molar-refractivity contribution in [3.8, 4) is 0 Å². The molecule has 6 N–H and O–H groups in total. The molecule has 0 heterocycles. The van der Waals surface area contributed by atoms with Crippen LogP contribution in [0, 0.1) is 0 Å². The zero-order valence-electron chi connectivity index (χ0n) is 31.8. The minimum absolute atomic E-state index is 0.161. The van der Waals surface area contributed by atoms with Gasteiger partial charge in [0.15, 0.2) is 0 Å². The summed E-state index contributed by atoms with van der Waals surface area (Å²) in [5.41, 5.74) is 0.553. The Hall–Kier alpha value is -5.05. The normalized spacial score (nSPS) is 12.1. The fraction of sp³-hybridized carbons (Fsp3) is 0.553. The third kappa shape index (κ3) is 25.5. The van der Waals surface area contributed by atoms with E-state index >= 15 is 0 Å². The molecule has 4 amide bonds. The van der Waals surface area contributed by atoms with Gasteiger partial charge in [-0.1, -0.05) is 60.7 Å². The van der Waals surface area contributed by atoms with Crippen molar-refractivity contribution >= 4 is 30.3 Å². The number of amides is 4. The van der Waals surface area contributed by atoms with Crippen molar-refractivity contribution in [1.82, 2.24) is 21.3 Å². The van der Waals surface area contributed by atoms with Gasteiger partial charge in [0.2, 0.25) is 0 Å². The van der Waals surface area contributed by atoms with Crippen LogP contribution in [0.3, 0.4) is 0 Å². The number of unbranched alkanes of at least 4 members (excludes halogenated alkanes) is 2. The van der Waals surface area contributed by atoms with Crippen LogP contribution >= 0.6 is 0 Å². The molecular weight excluding hydrogens is 688 g/mol. The van der Waals surface area contributed by atoms with Gasteiger partial charge in [-0.05, 0) is 91.2 Å². The van der Waals surface area contributed by atoms with Gasteiger partial charge >= 0.3 is 30.3 Å². The number of rotatable bonds is 18. The summed E-state index contributed by atoms with van der Waals surface area (Å²) >= 11 is 0. The van der Waals surface area contributed by atoms with E-state index in [-0.39, 0.29) is 32.3 Å². The summed E-state index contributed by atoms with van der Waals surface area (Å²) in [5, 5.41) is 28.8. The summed E-state index contributed by atoms with van der Waals surface area (Å²) in [5.74, 6) is -1.13. The molecule has 0 aromatic heterocycles. The van der Waals surface area contributed by atoms with E-state index in [0.29, 0.717) is 38.8 Å². The van der Waals surface area contributed by atoms with Gasteiger partial charge in [0.1, 0.15) is 30.5 Å². The number of carbonyl (C=O) groups is 5. The summed E-state index contributed by atoms with van der Waals surface area (Å²) in [6.45, 7) is 11.5. The van der Waals surface area contributed by atoms with E-state index in [9.17, 15) is 34.2 Å². The first-order chi connectivity index (χ1) is 25.0. The second-order valence-electron chi connectivity index (χ2n) is 14.0. The lowest BCUT2D eigenvalue weighted by molar-refractivity contribution is -0.139. The first kappa shape index (κ1) is 46.0. The topological polar surface area (TPSA) is 211 Å². The molecule has 53 heavy (non-hydrogen) atoms. The summed E-state index contributed by atoms with van der Waals surface area (Å²) < 4.78 is 20.4. The Balaban J connectivity index is 0.000000530. The first-order valence-corrected chi connectivity index (χ1v) is 17.7. The molecule has 15 heteroatoms. The molecule has 2 atom stereocenters. The zero-order chi connectivity index (χ0) is 39.7. The van der Waals surface area contributed by atoms with Crippen molar-refractivity contribution in [2.24, 2.45) is 0 Å². The average molecular weight is 747 g/mol. The lowest BCUT2D eigenvalue weighted by Crippen LogP contribution is -2.43. The Morgan fingerprint density at radius 1 is 0.604 bits per heavy atom. The lowest BCUT2D eigenvalue weighted by atomic mass is 10.1. The number of carboxylic acids is 1. The number of hydrogen-bond donors (Lipinski definition) is 6. The molecule has 2 aromatic rings. The van der Waals surface area contributed by atoms with Crippen LogP contribution in [0.2, 0.25) is 0 Å². The number of hydrogen-bond acceptors (Lipinski definition) is 10. The minimum atomic E-state index is -1.13. The standard InChI is InChI=1S/C19H28N2O6.C19H30N2O5/c1-19(2,3)27-18(25)21-15(16(22)23)11-7-8-12-20-17(24)26-13-14-9-5-4-6-10-14;1-19(2,3)26-18(24)21-16(13-22)11-7-8-12-20-17(23)25-14-15-9-5-4-6-10-15/h4-6,9-10,15H,7-8,11-13H2,1-3H3,(H,20,24)(H,21,25)(H,22,23);4-6,9-10,16,22H,7-8,11-14H2,1-3H3,(H,20,23)(H,21,24)/t15-;16-/m00/s1. The second-order valence-corrected chi connectivity index (χ2v) is 14.0. The van der Waals surface area contributed by atoms with Crippen LogP contribution < -0.4 is 21.3 Å². The predicted octanol–water partition coefficient (Wildman–Crippen LogP) is 6.03. The molecule has 0 aliphatic carbocycles. The predicted molar refractivity (Wildman–Crippen MR) is 198 cm³/mol. The summed E-state index contributed by atoms with van der Waals surface area (Å²) in [4.78, 5) is 57.8. The zero-order valence-corrected chi connectivity index (χ0v) is 31.8. The Morgan fingerprint density at radius 3 is 1.42 bits per heavy atom. The molecule has 15 nitrogen and oxygen atoms in total. The minimum Gasteiger partial charge on any atom is -0.480 e. The van der Waals surface area contributed by atoms with E-state index in [1.165, 1.54) is 0 Å². The first-order valence-electron chi connectivity index (χ1n) is 17.7. The van der Waals surface area contributed by atoms with E-state index in [0.717, 1.165) is 17.5 Å². The van der Waals surface area contributed by atoms with Crippen LogP contribution in [0.1, 0.15) is 91.2 Å². The molecule has 0 saturated carbocycles. The van der Waals surface area contributed by atoms with Gasteiger partial charge in [0.05, 0.1) is 12.6 Å². The number of carbonyl (C=O) groups excluding carboxylic acids is 4. The molecule has 0 spiro atoms. The fourth-order valence-electron chi connectivity index (χ4n) is 4.31. The third-order valence-corrected chi connectivity index (χ3v) is 6.79. The van der Waals surface area contributed by atoms with Gasteiger partial charge < -0.3 is 50.4 Å². The number of ether oxygens (including phenoxy) is 4. The largest absolute Gasteiger partial charge is 0.480 e. The maximum Gasteiger partial charge on any atom is 0.408 e. The molecule has 296 valence electrons. The summed E-state index contributed by atoms with van der Waals surface area (Å²) in [6, 6.07) is 17.4. The second kappa shape index (κ2) is 25.0. The van der Waals surface area contributed by atoms with Crippen molar-refractivity contribution in [2.45, 2.75) is 117 Å².